The van der Waals surface area contributed by atoms with Crippen LogP contribution in [-0.4, -0.2) is 41.2 Å². The standard InChI is InChI=1S/C36H70O4.C20H42O2/c1-3-5-7-9-11-13-15-17-19-21-23-25-27-29-31-33-35(37)40-34(36(38)39)32-30-28-26-24-22-20-18-16-14-12-10-8-6-4-2;1-3-5-7-9-11-12-13-14-16-18-20(21)22-19-17-15-10-8-6-4-2/h34H,3-33H2,1-2H3,(H,38,39);20-21H,3-19H2,1-2H3. The number of ether oxygens (including phenoxy) is 2. The zero-order valence-corrected chi connectivity index (χ0v) is 42.6. The monoisotopic (exact) mass is 881 g/mol. The highest BCUT2D eigenvalue weighted by molar-refractivity contribution is 5.77. The smallest absolute Gasteiger partial charge is 0.345 e. The molecule has 0 aliphatic rings. The maximum atomic E-state index is 12.2. The molecular formula is C56H112O6. The zero-order chi connectivity index (χ0) is 45.7. The van der Waals surface area contributed by atoms with Crippen molar-refractivity contribution in [3.63, 3.8) is 0 Å². The lowest BCUT2D eigenvalue weighted by atomic mass is 10.0. The lowest BCUT2D eigenvalue weighted by molar-refractivity contribution is -0.164. The Labute approximate surface area is 388 Å². The number of aliphatic hydroxyl groups excluding tert-OH is 1. The number of carboxylic acid groups (broad SMARTS) is 1. The van der Waals surface area contributed by atoms with Gasteiger partial charge in [-0.25, -0.2) is 4.79 Å². The van der Waals surface area contributed by atoms with Crippen molar-refractivity contribution in [1.29, 1.82) is 0 Å². The van der Waals surface area contributed by atoms with Gasteiger partial charge in [-0.2, -0.15) is 0 Å². The number of hydrogen-bond acceptors (Lipinski definition) is 5. The second-order valence-electron chi connectivity index (χ2n) is 19.1. The minimum Gasteiger partial charge on any atom is -0.479 e. The Morgan fingerprint density at radius 1 is 0.355 bits per heavy atom. The fraction of sp³-hybridized carbons (Fsp3) is 0.964. The van der Waals surface area contributed by atoms with E-state index in [4.69, 9.17) is 9.47 Å². The first-order valence-corrected chi connectivity index (χ1v) is 28.1. The molecule has 2 unspecified atom stereocenters. The number of aliphatic hydroxyl groups is 1. The SMILES string of the molecule is CCCCCCCCCCCC(O)OCCCCCCCC.CCCCCCCCCCCCCCCCCC(=O)OC(CCCCCCCCCCCCCCCC)C(=O)O. The van der Waals surface area contributed by atoms with Gasteiger partial charge >= 0.3 is 11.9 Å². The van der Waals surface area contributed by atoms with Crippen LogP contribution in [0.3, 0.4) is 0 Å². The molecule has 0 bridgehead atoms. The van der Waals surface area contributed by atoms with E-state index in [1.165, 1.54) is 231 Å². The van der Waals surface area contributed by atoms with E-state index in [1.54, 1.807) is 0 Å². The largest absolute Gasteiger partial charge is 0.479 e. The van der Waals surface area contributed by atoms with Crippen LogP contribution >= 0.6 is 0 Å². The van der Waals surface area contributed by atoms with Crippen LogP contribution in [0, 0.1) is 0 Å². The molecule has 0 rings (SSSR count). The highest BCUT2D eigenvalue weighted by atomic mass is 16.6. The molecule has 372 valence electrons. The normalized spacial score (nSPS) is 12.3. The van der Waals surface area contributed by atoms with Gasteiger partial charge in [-0.15, -0.1) is 0 Å². The van der Waals surface area contributed by atoms with Gasteiger partial charge in [0.25, 0.3) is 0 Å². The number of carboxylic acids is 1. The van der Waals surface area contributed by atoms with Crippen molar-refractivity contribution in [2.24, 2.45) is 0 Å². The van der Waals surface area contributed by atoms with Crippen molar-refractivity contribution < 1.29 is 29.3 Å². The molecule has 0 aromatic carbocycles. The topological polar surface area (TPSA) is 93.1 Å². The summed E-state index contributed by atoms with van der Waals surface area (Å²) >= 11 is 0. The number of rotatable bonds is 51. The lowest BCUT2D eigenvalue weighted by Gasteiger charge is -2.13. The van der Waals surface area contributed by atoms with Crippen molar-refractivity contribution in [3.05, 3.63) is 0 Å². The number of carbonyl (C=O) groups is 2. The lowest BCUT2D eigenvalue weighted by Crippen LogP contribution is -2.27. The third-order valence-corrected chi connectivity index (χ3v) is 12.7. The van der Waals surface area contributed by atoms with Crippen molar-refractivity contribution >= 4 is 11.9 Å². The Kier molecular flexibility index (Phi) is 56.8. The Hall–Kier alpha value is -1.14. The van der Waals surface area contributed by atoms with Crippen LogP contribution in [0.15, 0.2) is 0 Å². The third-order valence-electron chi connectivity index (χ3n) is 12.7. The molecule has 0 heterocycles. The molecule has 62 heavy (non-hydrogen) atoms. The van der Waals surface area contributed by atoms with Crippen molar-refractivity contribution in [1.82, 2.24) is 0 Å². The molecule has 0 radical (unpaired) electrons. The second-order valence-corrected chi connectivity index (χ2v) is 19.1. The number of unbranched alkanes of at least 4 members (excludes halogenated alkanes) is 40. The number of hydrogen-bond donors (Lipinski definition) is 2. The van der Waals surface area contributed by atoms with E-state index in [9.17, 15) is 19.8 Å². The summed E-state index contributed by atoms with van der Waals surface area (Å²) in [7, 11) is 0. The van der Waals surface area contributed by atoms with E-state index in [1.807, 2.05) is 0 Å². The summed E-state index contributed by atoms with van der Waals surface area (Å²) in [5.41, 5.74) is 0. The van der Waals surface area contributed by atoms with E-state index in [2.05, 4.69) is 27.7 Å². The third kappa shape index (κ3) is 55.0. The summed E-state index contributed by atoms with van der Waals surface area (Å²) in [6, 6.07) is 0. The van der Waals surface area contributed by atoms with Crippen LogP contribution in [-0.2, 0) is 19.1 Å². The first-order valence-electron chi connectivity index (χ1n) is 28.1. The molecule has 0 amide bonds. The van der Waals surface area contributed by atoms with Gasteiger partial charge in [0, 0.05) is 13.0 Å². The van der Waals surface area contributed by atoms with Crippen LogP contribution < -0.4 is 0 Å². The Balaban J connectivity index is 0. The average molecular weight is 882 g/mol. The molecule has 0 aromatic heterocycles. The average Bonchev–Trinajstić information content (AvgIpc) is 3.26. The fourth-order valence-electron chi connectivity index (χ4n) is 8.43. The predicted octanol–water partition coefficient (Wildman–Crippen LogP) is 18.7. The van der Waals surface area contributed by atoms with Gasteiger partial charge in [0.05, 0.1) is 0 Å². The van der Waals surface area contributed by atoms with E-state index < -0.39 is 18.4 Å². The van der Waals surface area contributed by atoms with Crippen LogP contribution in [0.2, 0.25) is 0 Å². The van der Waals surface area contributed by atoms with Gasteiger partial charge in [0.1, 0.15) is 0 Å². The molecular weight excluding hydrogens is 769 g/mol. The Morgan fingerprint density at radius 2 is 0.613 bits per heavy atom. The molecule has 2 atom stereocenters. The number of carbonyl (C=O) groups excluding carboxylic acids is 1. The summed E-state index contributed by atoms with van der Waals surface area (Å²) in [6.45, 7) is 9.77. The molecule has 0 spiro atoms. The minimum atomic E-state index is -1.00. The van der Waals surface area contributed by atoms with E-state index in [-0.39, 0.29) is 5.97 Å². The Bertz CT molecular complexity index is 848. The zero-order valence-electron chi connectivity index (χ0n) is 42.6. The van der Waals surface area contributed by atoms with Crippen LogP contribution in [0.1, 0.15) is 329 Å². The van der Waals surface area contributed by atoms with Gasteiger partial charge in [-0.1, -0.05) is 285 Å². The maximum absolute atomic E-state index is 12.2. The highest BCUT2D eigenvalue weighted by Crippen LogP contribution is 2.18. The molecule has 0 aliphatic carbocycles. The number of aliphatic carboxylic acids is 1. The summed E-state index contributed by atoms with van der Waals surface area (Å²) < 4.78 is 10.8. The summed E-state index contributed by atoms with van der Waals surface area (Å²) in [5, 5.41) is 19.2. The van der Waals surface area contributed by atoms with E-state index in [0.717, 1.165) is 64.4 Å². The number of esters is 1. The molecule has 6 nitrogen and oxygen atoms in total. The van der Waals surface area contributed by atoms with Crippen LogP contribution in [0.25, 0.3) is 0 Å². The summed E-state index contributed by atoms with van der Waals surface area (Å²) in [6.07, 6.45) is 56.9. The summed E-state index contributed by atoms with van der Waals surface area (Å²) in [4.78, 5) is 23.7. The molecule has 0 aromatic rings. The van der Waals surface area contributed by atoms with Crippen molar-refractivity contribution in [2.45, 2.75) is 342 Å². The quantitative estimate of drug-likeness (QED) is 0.0359. The molecule has 2 N–H and O–H groups in total. The van der Waals surface area contributed by atoms with Crippen LogP contribution in [0.4, 0.5) is 0 Å². The predicted molar refractivity (Wildman–Crippen MR) is 269 cm³/mol. The molecule has 0 aliphatic heterocycles. The van der Waals surface area contributed by atoms with Gasteiger partial charge < -0.3 is 19.7 Å². The molecule has 0 saturated heterocycles. The highest BCUT2D eigenvalue weighted by Gasteiger charge is 2.21. The second kappa shape index (κ2) is 56.0. The fourth-order valence-corrected chi connectivity index (χ4v) is 8.43. The van der Waals surface area contributed by atoms with Gasteiger partial charge in [0.15, 0.2) is 12.4 Å². The summed E-state index contributed by atoms with van der Waals surface area (Å²) in [5.74, 6) is -1.34. The van der Waals surface area contributed by atoms with E-state index in [0.29, 0.717) is 12.8 Å². The molecule has 0 fully saturated rings. The van der Waals surface area contributed by atoms with Gasteiger partial charge in [-0.05, 0) is 38.5 Å². The maximum Gasteiger partial charge on any atom is 0.345 e. The molecule has 6 heteroatoms. The van der Waals surface area contributed by atoms with Crippen LogP contribution in [0.5, 0.6) is 0 Å². The molecule has 0 saturated carbocycles. The van der Waals surface area contributed by atoms with Crippen molar-refractivity contribution in [3.8, 4) is 0 Å². The first-order chi connectivity index (χ1) is 30.4. The van der Waals surface area contributed by atoms with Gasteiger partial charge in [-0.3, -0.25) is 4.79 Å². The first kappa shape index (κ1) is 62.9. The minimum absolute atomic E-state index is 0.340. The Morgan fingerprint density at radius 3 is 0.919 bits per heavy atom. The van der Waals surface area contributed by atoms with Crippen molar-refractivity contribution in [2.75, 3.05) is 6.61 Å². The van der Waals surface area contributed by atoms with Gasteiger partial charge in [0.2, 0.25) is 0 Å². The van der Waals surface area contributed by atoms with E-state index >= 15 is 0 Å².